The summed E-state index contributed by atoms with van der Waals surface area (Å²) in [5.74, 6) is 1.47. The summed E-state index contributed by atoms with van der Waals surface area (Å²) < 4.78 is 0. The molecule has 1 saturated carbocycles. The van der Waals surface area contributed by atoms with Crippen LogP contribution in [0.3, 0.4) is 0 Å². The summed E-state index contributed by atoms with van der Waals surface area (Å²) in [5, 5.41) is 0. The highest BCUT2D eigenvalue weighted by Crippen LogP contribution is 2.42. The van der Waals surface area contributed by atoms with Crippen molar-refractivity contribution in [2.24, 2.45) is 11.7 Å². The van der Waals surface area contributed by atoms with Crippen molar-refractivity contribution in [1.29, 1.82) is 0 Å². The van der Waals surface area contributed by atoms with Crippen molar-refractivity contribution in [3.63, 3.8) is 0 Å². The largest absolute Gasteiger partial charge is 0.330 e. The van der Waals surface area contributed by atoms with Gasteiger partial charge in [-0.15, -0.1) is 0 Å². The lowest BCUT2D eigenvalue weighted by Crippen LogP contribution is -2.14. The molecule has 0 spiro atoms. The third-order valence-corrected chi connectivity index (χ3v) is 3.12. The van der Waals surface area contributed by atoms with Gasteiger partial charge in [-0.25, -0.2) is 0 Å². The maximum Gasteiger partial charge on any atom is -0.000556 e. The maximum atomic E-state index is 5.85. The predicted molar refractivity (Wildman–Crippen MR) is 60.4 cm³/mol. The van der Waals surface area contributed by atoms with Gasteiger partial charge in [-0.1, -0.05) is 29.3 Å². The zero-order valence-electron chi connectivity index (χ0n) is 9.09. The molecule has 1 heteroatoms. The van der Waals surface area contributed by atoms with E-state index in [0.29, 0.717) is 5.92 Å². The third-order valence-electron chi connectivity index (χ3n) is 3.12. The van der Waals surface area contributed by atoms with Gasteiger partial charge < -0.3 is 5.73 Å². The Labute approximate surface area is 86.3 Å². The van der Waals surface area contributed by atoms with Gasteiger partial charge in [0.25, 0.3) is 0 Å². The van der Waals surface area contributed by atoms with Crippen LogP contribution in [0.5, 0.6) is 0 Å². The first-order valence-corrected chi connectivity index (χ1v) is 5.49. The van der Waals surface area contributed by atoms with Crippen LogP contribution in [0.15, 0.2) is 18.2 Å². The van der Waals surface area contributed by atoms with Crippen LogP contribution in [0.1, 0.15) is 35.4 Å². The number of hydrogen-bond acceptors (Lipinski definition) is 1. The highest BCUT2D eigenvalue weighted by atomic mass is 14.6. The minimum atomic E-state index is 0.605. The second kappa shape index (κ2) is 3.74. The third kappa shape index (κ3) is 1.98. The van der Waals surface area contributed by atoms with E-state index in [9.17, 15) is 0 Å². The van der Waals surface area contributed by atoms with Crippen LogP contribution >= 0.6 is 0 Å². The molecule has 0 saturated heterocycles. The van der Waals surface area contributed by atoms with Crippen molar-refractivity contribution in [2.75, 3.05) is 6.54 Å². The highest BCUT2D eigenvalue weighted by Gasteiger charge is 2.31. The second-order valence-corrected chi connectivity index (χ2v) is 4.60. The summed E-state index contributed by atoms with van der Waals surface area (Å²) >= 11 is 0. The zero-order valence-corrected chi connectivity index (χ0v) is 9.09. The molecule has 1 aromatic carbocycles. The van der Waals surface area contributed by atoms with Crippen LogP contribution in [-0.2, 0) is 0 Å². The molecule has 1 atom stereocenters. The van der Waals surface area contributed by atoms with Gasteiger partial charge in [-0.05, 0) is 50.6 Å². The highest BCUT2D eigenvalue weighted by molar-refractivity contribution is 5.32. The van der Waals surface area contributed by atoms with E-state index in [1.807, 2.05) is 0 Å². The van der Waals surface area contributed by atoms with Crippen LogP contribution in [0.2, 0.25) is 0 Å². The lowest BCUT2D eigenvalue weighted by Gasteiger charge is -2.15. The summed E-state index contributed by atoms with van der Waals surface area (Å²) in [5.41, 5.74) is 10.0. The fourth-order valence-corrected chi connectivity index (χ4v) is 2.32. The quantitative estimate of drug-likeness (QED) is 0.777. The van der Waals surface area contributed by atoms with Crippen molar-refractivity contribution in [1.82, 2.24) is 0 Å². The van der Waals surface area contributed by atoms with E-state index in [4.69, 9.17) is 5.73 Å². The molecule has 0 aromatic heterocycles. The molecule has 0 aliphatic heterocycles. The topological polar surface area (TPSA) is 26.0 Å². The Morgan fingerprint density at radius 1 is 1.21 bits per heavy atom. The minimum Gasteiger partial charge on any atom is -0.330 e. The van der Waals surface area contributed by atoms with E-state index in [-0.39, 0.29) is 0 Å². The second-order valence-electron chi connectivity index (χ2n) is 4.60. The van der Waals surface area contributed by atoms with Gasteiger partial charge in [0.2, 0.25) is 0 Å². The molecule has 1 fully saturated rings. The van der Waals surface area contributed by atoms with Crippen LogP contribution < -0.4 is 5.73 Å². The molecule has 1 aliphatic carbocycles. The Balaban J connectivity index is 2.28. The number of rotatable bonds is 3. The molecule has 1 unspecified atom stereocenters. The molecule has 1 nitrogen and oxygen atoms in total. The average Bonchev–Trinajstić information content (AvgIpc) is 2.87. The van der Waals surface area contributed by atoms with Gasteiger partial charge in [0.1, 0.15) is 0 Å². The lowest BCUT2D eigenvalue weighted by atomic mass is 9.92. The fourth-order valence-electron chi connectivity index (χ4n) is 2.32. The van der Waals surface area contributed by atoms with Gasteiger partial charge in [0.05, 0.1) is 0 Å². The molecular weight excluding hydrogens is 170 g/mol. The van der Waals surface area contributed by atoms with E-state index in [1.54, 1.807) is 0 Å². The number of aryl methyl sites for hydroxylation is 2. The van der Waals surface area contributed by atoms with E-state index in [1.165, 1.54) is 29.5 Å². The average molecular weight is 189 g/mol. The Hall–Kier alpha value is -0.820. The Bertz CT molecular complexity index is 306. The zero-order chi connectivity index (χ0) is 10.1. The molecule has 1 aromatic rings. The van der Waals surface area contributed by atoms with Crippen molar-refractivity contribution in [3.8, 4) is 0 Å². The fraction of sp³-hybridized carbons (Fsp3) is 0.538. The molecule has 0 amide bonds. The molecule has 2 N–H and O–H groups in total. The predicted octanol–water partition coefficient (Wildman–Crippen LogP) is 2.76. The van der Waals surface area contributed by atoms with Gasteiger partial charge in [-0.2, -0.15) is 0 Å². The lowest BCUT2D eigenvalue weighted by molar-refractivity contribution is 0.615. The maximum absolute atomic E-state index is 5.85. The van der Waals surface area contributed by atoms with E-state index in [2.05, 4.69) is 32.0 Å². The summed E-state index contributed by atoms with van der Waals surface area (Å²) in [6.45, 7) is 5.13. The van der Waals surface area contributed by atoms with Gasteiger partial charge in [-0.3, -0.25) is 0 Å². The summed E-state index contributed by atoms with van der Waals surface area (Å²) in [7, 11) is 0. The van der Waals surface area contributed by atoms with Crippen LogP contribution in [-0.4, -0.2) is 6.54 Å². The van der Waals surface area contributed by atoms with Gasteiger partial charge >= 0.3 is 0 Å². The summed E-state index contributed by atoms with van der Waals surface area (Å²) in [6, 6.07) is 6.82. The Kier molecular flexibility index (Phi) is 2.60. The number of benzene rings is 1. The van der Waals surface area contributed by atoms with Crippen molar-refractivity contribution < 1.29 is 0 Å². The smallest absolute Gasteiger partial charge is 0.000556 e. The summed E-state index contributed by atoms with van der Waals surface area (Å²) in [4.78, 5) is 0. The normalized spacial score (nSPS) is 18.2. The molecule has 14 heavy (non-hydrogen) atoms. The van der Waals surface area contributed by atoms with Crippen LogP contribution in [0.25, 0.3) is 0 Å². The van der Waals surface area contributed by atoms with E-state index in [0.717, 1.165) is 12.5 Å². The van der Waals surface area contributed by atoms with Crippen molar-refractivity contribution in [3.05, 3.63) is 34.9 Å². The molecular formula is C13H19N. The monoisotopic (exact) mass is 189 g/mol. The number of hydrogen-bond donors (Lipinski definition) is 1. The van der Waals surface area contributed by atoms with Gasteiger partial charge in [0.15, 0.2) is 0 Å². The minimum absolute atomic E-state index is 0.605. The van der Waals surface area contributed by atoms with E-state index < -0.39 is 0 Å². The van der Waals surface area contributed by atoms with E-state index >= 15 is 0 Å². The van der Waals surface area contributed by atoms with Crippen LogP contribution in [0.4, 0.5) is 0 Å². The van der Waals surface area contributed by atoms with Crippen molar-refractivity contribution in [2.45, 2.75) is 32.6 Å². The standard InChI is InChI=1S/C13H19N/c1-9-5-10(2)7-12(6-9)13(8-14)11-3-4-11/h5-7,11,13H,3-4,8,14H2,1-2H3. The molecule has 1 aliphatic rings. The first kappa shape index (κ1) is 9.72. The SMILES string of the molecule is Cc1cc(C)cc(C(CN)C2CC2)c1. The Morgan fingerprint density at radius 3 is 2.21 bits per heavy atom. The molecule has 0 bridgehead atoms. The first-order valence-electron chi connectivity index (χ1n) is 5.49. The Morgan fingerprint density at radius 2 is 1.79 bits per heavy atom. The molecule has 0 heterocycles. The molecule has 0 radical (unpaired) electrons. The first-order chi connectivity index (χ1) is 6.70. The molecule has 76 valence electrons. The van der Waals surface area contributed by atoms with Gasteiger partial charge in [0, 0.05) is 0 Å². The van der Waals surface area contributed by atoms with Crippen LogP contribution in [0, 0.1) is 19.8 Å². The molecule has 2 rings (SSSR count). The number of nitrogens with two attached hydrogens (primary N) is 1. The summed E-state index contributed by atoms with van der Waals surface area (Å²) in [6.07, 6.45) is 2.74. The van der Waals surface area contributed by atoms with Crippen molar-refractivity contribution >= 4 is 0 Å².